The Kier molecular flexibility index (Phi) is 6.99. The Morgan fingerprint density at radius 1 is 0.925 bits per heavy atom. The molecule has 226 valence electrons. The monoisotopic (exact) mass is 553 g/mol. The first-order chi connectivity index (χ1) is 18.7. The Morgan fingerprint density at radius 2 is 1.62 bits per heavy atom. The molecule has 0 unspecified atom stereocenters. The van der Waals surface area contributed by atoms with Crippen LogP contribution in [0.15, 0.2) is 11.6 Å². The molecular formula is C36H59NO3. The first-order valence-electron chi connectivity index (χ1n) is 17.0. The van der Waals surface area contributed by atoms with Gasteiger partial charge in [0.05, 0.1) is 11.5 Å². The molecule has 40 heavy (non-hydrogen) atoms. The van der Waals surface area contributed by atoms with E-state index >= 15 is 0 Å². The van der Waals surface area contributed by atoms with Crippen LogP contribution in [0.2, 0.25) is 0 Å². The molecule has 0 bridgehead atoms. The van der Waals surface area contributed by atoms with Crippen molar-refractivity contribution in [3.63, 3.8) is 0 Å². The van der Waals surface area contributed by atoms with Crippen molar-refractivity contribution in [3.05, 3.63) is 11.6 Å². The minimum Gasteiger partial charge on any atom is -0.464 e. The van der Waals surface area contributed by atoms with E-state index < -0.39 is 0 Å². The number of aliphatic hydroxyl groups is 1. The summed E-state index contributed by atoms with van der Waals surface area (Å²) < 4.78 is 6.20. The Hall–Kier alpha value is -0.870. The predicted molar refractivity (Wildman–Crippen MR) is 162 cm³/mol. The van der Waals surface area contributed by atoms with Crippen molar-refractivity contribution in [3.8, 4) is 0 Å². The predicted octanol–water partition coefficient (Wildman–Crippen LogP) is 7.79. The van der Waals surface area contributed by atoms with Gasteiger partial charge in [-0.3, -0.25) is 9.69 Å². The Balaban J connectivity index is 1.32. The summed E-state index contributed by atoms with van der Waals surface area (Å²) in [7, 11) is 0. The molecule has 4 nitrogen and oxygen atoms in total. The summed E-state index contributed by atoms with van der Waals surface area (Å²) in [6.45, 7) is 21.1. The van der Waals surface area contributed by atoms with Gasteiger partial charge in [-0.05, 0) is 135 Å². The van der Waals surface area contributed by atoms with Gasteiger partial charge in [0.2, 0.25) is 0 Å². The summed E-state index contributed by atoms with van der Waals surface area (Å²) in [5, 5.41) is 11.0. The molecule has 6 rings (SSSR count). The number of aliphatic hydroxyl groups excluding tert-OH is 1. The molecule has 1 saturated heterocycles. The summed E-state index contributed by atoms with van der Waals surface area (Å²) in [5.74, 6) is 1.63. The van der Waals surface area contributed by atoms with E-state index in [1.54, 1.807) is 5.57 Å². The van der Waals surface area contributed by atoms with Crippen molar-refractivity contribution < 1.29 is 14.6 Å². The van der Waals surface area contributed by atoms with Gasteiger partial charge < -0.3 is 9.84 Å². The van der Waals surface area contributed by atoms with Crippen molar-refractivity contribution in [1.82, 2.24) is 4.90 Å². The molecule has 0 aromatic carbocycles. The van der Waals surface area contributed by atoms with E-state index in [0.717, 1.165) is 71.0 Å². The molecule has 5 fully saturated rings. The molecule has 0 aromatic rings. The van der Waals surface area contributed by atoms with Crippen LogP contribution in [0.4, 0.5) is 0 Å². The standard InChI is InChI=1S/C36H59NO3/c1-31(2)16-18-36(30(39)40-23-22-37-20-8-9-21-37)19-17-34(6)25(26(36)24-31)10-11-28-33(5)14-13-29(38)32(3,4)27(33)12-15-35(28,34)7/h10,26-29,38H,8-9,11-24H2,1-7H3/t26-,27-,28+,29-,33-,34+,35+,36-/m0/s1. The molecule has 0 amide bonds. The van der Waals surface area contributed by atoms with Crippen LogP contribution >= 0.6 is 0 Å². The second kappa shape index (κ2) is 9.57. The van der Waals surface area contributed by atoms with E-state index in [9.17, 15) is 9.90 Å². The molecule has 4 saturated carbocycles. The molecule has 0 aromatic heterocycles. The average molecular weight is 554 g/mol. The highest BCUT2D eigenvalue weighted by molar-refractivity contribution is 5.78. The molecule has 5 aliphatic carbocycles. The number of esters is 1. The number of carbonyl (C=O) groups excluding carboxylic acids is 1. The van der Waals surface area contributed by atoms with Crippen LogP contribution in [-0.2, 0) is 9.53 Å². The highest BCUT2D eigenvalue weighted by Crippen LogP contribution is 2.75. The molecular weight excluding hydrogens is 494 g/mol. The molecule has 1 heterocycles. The zero-order valence-corrected chi connectivity index (χ0v) is 26.9. The fourth-order valence-electron chi connectivity index (χ4n) is 12.0. The Bertz CT molecular complexity index is 1040. The summed E-state index contributed by atoms with van der Waals surface area (Å²) in [6.07, 6.45) is 16.0. The zero-order chi connectivity index (χ0) is 28.8. The van der Waals surface area contributed by atoms with Crippen LogP contribution in [0.1, 0.15) is 126 Å². The molecule has 4 heteroatoms. The van der Waals surface area contributed by atoms with Gasteiger partial charge in [-0.2, -0.15) is 0 Å². The molecule has 6 aliphatic rings. The third-order valence-corrected chi connectivity index (χ3v) is 14.9. The van der Waals surface area contributed by atoms with Crippen molar-refractivity contribution >= 4 is 5.97 Å². The average Bonchev–Trinajstić information content (AvgIpc) is 3.40. The summed E-state index contributed by atoms with van der Waals surface area (Å²) in [4.78, 5) is 16.6. The number of allylic oxidation sites excluding steroid dienone is 2. The van der Waals surface area contributed by atoms with Gasteiger partial charge in [0.25, 0.3) is 0 Å². The smallest absolute Gasteiger partial charge is 0.312 e. The number of rotatable bonds is 4. The lowest BCUT2D eigenvalue weighted by molar-refractivity contribution is -0.206. The van der Waals surface area contributed by atoms with E-state index in [2.05, 4.69) is 59.4 Å². The van der Waals surface area contributed by atoms with Gasteiger partial charge >= 0.3 is 5.97 Å². The van der Waals surface area contributed by atoms with Crippen LogP contribution in [-0.4, -0.2) is 48.3 Å². The molecule has 1 aliphatic heterocycles. The highest BCUT2D eigenvalue weighted by atomic mass is 16.5. The van der Waals surface area contributed by atoms with Crippen LogP contribution in [0.5, 0.6) is 0 Å². The number of carbonyl (C=O) groups is 1. The van der Waals surface area contributed by atoms with E-state index in [1.807, 2.05) is 0 Å². The van der Waals surface area contributed by atoms with E-state index in [4.69, 9.17) is 4.74 Å². The number of ether oxygens (including phenoxy) is 1. The van der Waals surface area contributed by atoms with Crippen molar-refractivity contribution in [2.24, 2.45) is 50.2 Å². The largest absolute Gasteiger partial charge is 0.464 e. The number of nitrogens with zero attached hydrogens (tertiary/aromatic N) is 1. The number of fused-ring (bicyclic) bond motifs is 7. The summed E-state index contributed by atoms with van der Waals surface area (Å²) in [5.41, 5.74) is 2.14. The summed E-state index contributed by atoms with van der Waals surface area (Å²) >= 11 is 0. The minimum atomic E-state index is -0.340. The highest BCUT2D eigenvalue weighted by Gasteiger charge is 2.69. The molecule has 8 atom stereocenters. The maximum Gasteiger partial charge on any atom is 0.312 e. The first kappa shape index (κ1) is 29.2. The van der Waals surface area contributed by atoms with Gasteiger partial charge in [-0.25, -0.2) is 0 Å². The van der Waals surface area contributed by atoms with Gasteiger partial charge in [0, 0.05) is 6.54 Å². The van der Waals surface area contributed by atoms with Gasteiger partial charge in [0.1, 0.15) is 6.61 Å². The van der Waals surface area contributed by atoms with Crippen molar-refractivity contribution in [2.75, 3.05) is 26.2 Å². The summed E-state index contributed by atoms with van der Waals surface area (Å²) in [6, 6.07) is 0. The van der Waals surface area contributed by atoms with Gasteiger partial charge in [-0.1, -0.05) is 60.1 Å². The number of hydrogen-bond donors (Lipinski definition) is 1. The Morgan fingerprint density at radius 3 is 2.35 bits per heavy atom. The van der Waals surface area contributed by atoms with Crippen LogP contribution < -0.4 is 0 Å². The number of likely N-dealkylation sites (tertiary alicyclic amines) is 1. The van der Waals surface area contributed by atoms with Crippen molar-refractivity contribution in [2.45, 2.75) is 132 Å². The lowest BCUT2D eigenvalue weighted by atomic mass is 9.33. The van der Waals surface area contributed by atoms with Crippen LogP contribution in [0.3, 0.4) is 0 Å². The normalized spacial score (nSPS) is 47.8. The number of hydrogen-bond acceptors (Lipinski definition) is 4. The third kappa shape index (κ3) is 4.07. The fraction of sp³-hybridized carbons (Fsp3) is 0.917. The van der Waals surface area contributed by atoms with Crippen LogP contribution in [0, 0.1) is 50.2 Å². The van der Waals surface area contributed by atoms with E-state index in [0.29, 0.717) is 24.4 Å². The Labute approximate surface area is 245 Å². The zero-order valence-electron chi connectivity index (χ0n) is 26.9. The first-order valence-corrected chi connectivity index (χ1v) is 17.0. The van der Waals surface area contributed by atoms with Gasteiger partial charge in [-0.15, -0.1) is 0 Å². The quantitative estimate of drug-likeness (QED) is 0.285. The minimum absolute atomic E-state index is 0.0207. The maximum absolute atomic E-state index is 14.1. The third-order valence-electron chi connectivity index (χ3n) is 14.9. The van der Waals surface area contributed by atoms with E-state index in [1.165, 1.54) is 25.7 Å². The van der Waals surface area contributed by atoms with E-state index in [-0.39, 0.29) is 44.6 Å². The van der Waals surface area contributed by atoms with Crippen LogP contribution in [0.25, 0.3) is 0 Å². The van der Waals surface area contributed by atoms with Crippen molar-refractivity contribution in [1.29, 1.82) is 0 Å². The molecule has 0 spiro atoms. The second-order valence-electron chi connectivity index (χ2n) is 17.4. The molecule has 1 N–H and O–H groups in total. The maximum atomic E-state index is 14.1. The second-order valence-corrected chi connectivity index (χ2v) is 17.4. The fourth-order valence-corrected chi connectivity index (χ4v) is 12.0. The lowest BCUT2D eigenvalue weighted by Gasteiger charge is -2.71. The lowest BCUT2D eigenvalue weighted by Crippen LogP contribution is -2.65. The topological polar surface area (TPSA) is 49.8 Å². The molecule has 0 radical (unpaired) electrons. The SMILES string of the molecule is CC1(C)CC[C@]2(C(=O)OCCN3CCCC3)CC[C@]3(C)C(=CC[C@@H]4[C@@]5(C)CC[C@H](O)C(C)(C)[C@@H]5CC[C@]43C)[C@@H]2C1. The van der Waals surface area contributed by atoms with Gasteiger partial charge in [0.15, 0.2) is 0 Å².